The van der Waals surface area contributed by atoms with Crippen LogP contribution in [0, 0.1) is 18.3 Å². The van der Waals surface area contributed by atoms with Crippen LogP contribution in [0.15, 0.2) is 12.3 Å². The second-order valence-electron chi connectivity index (χ2n) is 3.66. The van der Waals surface area contributed by atoms with Crippen molar-refractivity contribution in [3.05, 3.63) is 29.1 Å². The third kappa shape index (κ3) is 1.66. The Morgan fingerprint density at radius 2 is 2.39 bits per heavy atom. The van der Waals surface area contributed by atoms with Crippen molar-refractivity contribution < 1.29 is 14.6 Å². The molecule has 0 aromatic carbocycles. The van der Waals surface area contributed by atoms with Crippen LogP contribution in [0.5, 0.6) is 5.88 Å². The number of pyridine rings is 1. The number of aromatic nitrogens is 2. The Labute approximate surface area is 103 Å². The SMILES string of the molecule is CCOC(=O)c1cc(C#N)c2ncc(O)n2c1C. The molecule has 2 rings (SSSR count). The van der Waals surface area contributed by atoms with Crippen molar-refractivity contribution in [2.75, 3.05) is 6.61 Å². The number of aryl methyl sites for hydroxylation is 1. The van der Waals surface area contributed by atoms with E-state index < -0.39 is 5.97 Å². The monoisotopic (exact) mass is 245 g/mol. The number of rotatable bonds is 2. The summed E-state index contributed by atoms with van der Waals surface area (Å²) in [6, 6.07) is 3.37. The molecule has 0 fully saturated rings. The Hall–Kier alpha value is -2.55. The summed E-state index contributed by atoms with van der Waals surface area (Å²) in [5.74, 6) is -0.647. The van der Waals surface area contributed by atoms with Gasteiger partial charge in [0, 0.05) is 5.69 Å². The zero-order chi connectivity index (χ0) is 13.3. The van der Waals surface area contributed by atoms with Gasteiger partial charge in [-0.15, -0.1) is 0 Å². The highest BCUT2D eigenvalue weighted by molar-refractivity contribution is 5.92. The maximum Gasteiger partial charge on any atom is 0.339 e. The fraction of sp³-hybridized carbons (Fsp3) is 0.250. The molecular weight excluding hydrogens is 234 g/mol. The Bertz CT molecular complexity index is 667. The number of carbonyl (C=O) groups is 1. The number of ether oxygens (including phenoxy) is 1. The minimum atomic E-state index is -0.526. The lowest BCUT2D eigenvalue weighted by Gasteiger charge is -2.09. The molecule has 0 spiro atoms. The van der Waals surface area contributed by atoms with Crippen LogP contribution in [-0.2, 0) is 4.74 Å². The Balaban J connectivity index is 2.76. The Morgan fingerprint density at radius 3 is 3.00 bits per heavy atom. The average molecular weight is 245 g/mol. The molecule has 92 valence electrons. The summed E-state index contributed by atoms with van der Waals surface area (Å²) in [5.41, 5.74) is 1.26. The maximum absolute atomic E-state index is 11.8. The fourth-order valence-corrected chi connectivity index (χ4v) is 1.80. The number of esters is 1. The van der Waals surface area contributed by atoms with E-state index >= 15 is 0 Å². The van der Waals surface area contributed by atoms with Crippen molar-refractivity contribution in [1.82, 2.24) is 9.38 Å². The van der Waals surface area contributed by atoms with Gasteiger partial charge in [0.1, 0.15) is 6.07 Å². The van der Waals surface area contributed by atoms with Crippen molar-refractivity contribution in [3.63, 3.8) is 0 Å². The van der Waals surface area contributed by atoms with Crippen LogP contribution in [0.25, 0.3) is 5.65 Å². The van der Waals surface area contributed by atoms with Crippen LogP contribution in [0.1, 0.15) is 28.5 Å². The van der Waals surface area contributed by atoms with Gasteiger partial charge in [0.2, 0.25) is 5.88 Å². The van der Waals surface area contributed by atoms with Gasteiger partial charge in [0.05, 0.1) is 23.9 Å². The van der Waals surface area contributed by atoms with Gasteiger partial charge in [-0.1, -0.05) is 0 Å². The van der Waals surface area contributed by atoms with Gasteiger partial charge in [-0.25, -0.2) is 9.78 Å². The molecule has 1 N–H and O–H groups in total. The van der Waals surface area contributed by atoms with Gasteiger partial charge in [-0.2, -0.15) is 5.26 Å². The van der Waals surface area contributed by atoms with E-state index in [1.165, 1.54) is 16.7 Å². The van der Waals surface area contributed by atoms with E-state index in [-0.39, 0.29) is 23.6 Å². The van der Waals surface area contributed by atoms with E-state index in [1.54, 1.807) is 13.8 Å². The molecule has 0 aliphatic heterocycles. The predicted octanol–water partition coefficient (Wildman–Crippen LogP) is 1.40. The zero-order valence-electron chi connectivity index (χ0n) is 9.97. The number of carbonyl (C=O) groups excluding carboxylic acids is 1. The summed E-state index contributed by atoms with van der Waals surface area (Å²) in [4.78, 5) is 15.7. The summed E-state index contributed by atoms with van der Waals surface area (Å²) in [6.07, 6.45) is 1.23. The minimum absolute atomic E-state index is 0.120. The molecule has 0 aliphatic rings. The average Bonchev–Trinajstić information content (AvgIpc) is 2.73. The summed E-state index contributed by atoms with van der Waals surface area (Å²) >= 11 is 0. The van der Waals surface area contributed by atoms with Crippen LogP contribution in [0.2, 0.25) is 0 Å². The third-order valence-corrected chi connectivity index (χ3v) is 2.61. The van der Waals surface area contributed by atoms with E-state index in [9.17, 15) is 9.90 Å². The molecular formula is C12H11N3O3. The third-order valence-electron chi connectivity index (χ3n) is 2.61. The number of nitrogens with zero attached hydrogens (tertiary/aromatic N) is 3. The van der Waals surface area contributed by atoms with Gasteiger partial charge < -0.3 is 9.84 Å². The summed E-state index contributed by atoms with van der Waals surface area (Å²) in [7, 11) is 0. The standard InChI is InChI=1S/C12H11N3O3/c1-3-18-12(17)9-4-8(5-13)11-14-6-10(16)15(11)7(9)2/h4,6,16H,3H2,1-2H3. The minimum Gasteiger partial charge on any atom is -0.493 e. The summed E-state index contributed by atoms with van der Waals surface area (Å²) in [5, 5.41) is 18.7. The van der Waals surface area contributed by atoms with Crippen LogP contribution >= 0.6 is 0 Å². The van der Waals surface area contributed by atoms with Crippen molar-refractivity contribution >= 4 is 11.6 Å². The lowest BCUT2D eigenvalue weighted by atomic mass is 10.1. The van der Waals surface area contributed by atoms with E-state index in [0.717, 1.165) is 0 Å². The largest absolute Gasteiger partial charge is 0.493 e. The quantitative estimate of drug-likeness (QED) is 0.808. The number of nitriles is 1. The number of imidazole rings is 1. The lowest BCUT2D eigenvalue weighted by Crippen LogP contribution is -2.10. The maximum atomic E-state index is 11.8. The van der Waals surface area contributed by atoms with E-state index in [1.807, 2.05) is 6.07 Å². The second kappa shape index (κ2) is 4.37. The number of aromatic hydroxyl groups is 1. The summed E-state index contributed by atoms with van der Waals surface area (Å²) in [6.45, 7) is 3.60. The normalized spacial score (nSPS) is 10.3. The first-order chi connectivity index (χ1) is 8.60. The molecule has 0 bridgehead atoms. The highest BCUT2D eigenvalue weighted by atomic mass is 16.5. The van der Waals surface area contributed by atoms with Gasteiger partial charge in [-0.3, -0.25) is 4.40 Å². The van der Waals surface area contributed by atoms with Crippen LogP contribution in [-0.4, -0.2) is 27.1 Å². The molecule has 6 nitrogen and oxygen atoms in total. The van der Waals surface area contributed by atoms with Gasteiger partial charge >= 0.3 is 5.97 Å². The molecule has 0 aliphatic carbocycles. The van der Waals surface area contributed by atoms with Gasteiger partial charge in [-0.05, 0) is 19.9 Å². The first-order valence-corrected chi connectivity index (χ1v) is 5.37. The molecule has 2 aromatic heterocycles. The van der Waals surface area contributed by atoms with Crippen LogP contribution in [0.4, 0.5) is 0 Å². The molecule has 2 aromatic rings. The molecule has 2 heterocycles. The second-order valence-corrected chi connectivity index (χ2v) is 3.66. The molecule has 0 radical (unpaired) electrons. The van der Waals surface area contributed by atoms with Crippen LogP contribution < -0.4 is 0 Å². The van der Waals surface area contributed by atoms with Gasteiger partial charge in [0.15, 0.2) is 5.65 Å². The molecule has 0 saturated heterocycles. The van der Waals surface area contributed by atoms with E-state index in [2.05, 4.69) is 4.98 Å². The number of hydrogen-bond acceptors (Lipinski definition) is 5. The molecule has 6 heteroatoms. The Kier molecular flexibility index (Phi) is 2.90. The lowest BCUT2D eigenvalue weighted by molar-refractivity contribution is 0.0525. The fourth-order valence-electron chi connectivity index (χ4n) is 1.80. The zero-order valence-corrected chi connectivity index (χ0v) is 9.97. The molecule has 0 atom stereocenters. The smallest absolute Gasteiger partial charge is 0.339 e. The Morgan fingerprint density at radius 1 is 1.67 bits per heavy atom. The number of hydrogen-bond donors (Lipinski definition) is 1. The van der Waals surface area contributed by atoms with E-state index in [0.29, 0.717) is 11.3 Å². The first kappa shape index (κ1) is 11.9. The highest BCUT2D eigenvalue weighted by Crippen LogP contribution is 2.22. The van der Waals surface area contributed by atoms with Crippen LogP contribution in [0.3, 0.4) is 0 Å². The van der Waals surface area contributed by atoms with Crippen molar-refractivity contribution in [1.29, 1.82) is 5.26 Å². The van der Waals surface area contributed by atoms with Gasteiger partial charge in [0.25, 0.3) is 0 Å². The van der Waals surface area contributed by atoms with Crippen molar-refractivity contribution in [2.45, 2.75) is 13.8 Å². The van der Waals surface area contributed by atoms with E-state index in [4.69, 9.17) is 10.00 Å². The molecule has 18 heavy (non-hydrogen) atoms. The molecule has 0 saturated carbocycles. The topological polar surface area (TPSA) is 87.6 Å². The number of fused-ring (bicyclic) bond motifs is 1. The highest BCUT2D eigenvalue weighted by Gasteiger charge is 2.18. The first-order valence-electron chi connectivity index (χ1n) is 5.37. The molecule has 0 unspecified atom stereocenters. The summed E-state index contributed by atoms with van der Waals surface area (Å²) < 4.78 is 6.26. The van der Waals surface area contributed by atoms with Crippen molar-refractivity contribution in [2.24, 2.45) is 0 Å². The molecule has 0 amide bonds. The van der Waals surface area contributed by atoms with Crippen molar-refractivity contribution in [3.8, 4) is 11.9 Å². The predicted molar refractivity (Wildman–Crippen MR) is 62.3 cm³/mol.